The number of nitriles is 1. The van der Waals surface area contributed by atoms with Gasteiger partial charge in [-0.2, -0.15) is 5.26 Å². The Balaban J connectivity index is 1.94. The molecule has 0 spiro atoms. The molecule has 0 bridgehead atoms. The van der Waals surface area contributed by atoms with Crippen molar-refractivity contribution in [1.82, 2.24) is 0 Å². The van der Waals surface area contributed by atoms with Crippen LogP contribution in [0.25, 0.3) is 0 Å². The van der Waals surface area contributed by atoms with Gasteiger partial charge in [-0.05, 0) is 29.8 Å². The van der Waals surface area contributed by atoms with Crippen molar-refractivity contribution in [3.05, 3.63) is 65.0 Å². The standard InChI is InChI=1S/C16H14FNO2/c1-19-15-4-2-3-13(7-15)10-20-11-14-6-5-12(9-18)8-16(14)17/h2-8H,10-11H2,1H3. The van der Waals surface area contributed by atoms with E-state index in [1.54, 1.807) is 19.2 Å². The van der Waals surface area contributed by atoms with Crippen molar-refractivity contribution >= 4 is 0 Å². The first kappa shape index (κ1) is 14.0. The quantitative estimate of drug-likeness (QED) is 0.836. The molecule has 20 heavy (non-hydrogen) atoms. The summed E-state index contributed by atoms with van der Waals surface area (Å²) >= 11 is 0. The molecule has 0 saturated heterocycles. The fraction of sp³-hybridized carbons (Fsp3) is 0.188. The maximum atomic E-state index is 13.6. The van der Waals surface area contributed by atoms with Gasteiger partial charge in [-0.25, -0.2) is 4.39 Å². The van der Waals surface area contributed by atoms with E-state index in [2.05, 4.69) is 0 Å². The summed E-state index contributed by atoms with van der Waals surface area (Å²) in [4.78, 5) is 0. The number of hydrogen-bond donors (Lipinski definition) is 0. The zero-order chi connectivity index (χ0) is 14.4. The Morgan fingerprint density at radius 1 is 1.15 bits per heavy atom. The SMILES string of the molecule is COc1cccc(COCc2ccc(C#N)cc2F)c1. The molecule has 0 aromatic heterocycles. The third kappa shape index (κ3) is 3.56. The van der Waals surface area contributed by atoms with Crippen LogP contribution >= 0.6 is 0 Å². The van der Waals surface area contributed by atoms with E-state index in [-0.39, 0.29) is 6.61 Å². The second-order valence-electron chi connectivity index (χ2n) is 4.26. The van der Waals surface area contributed by atoms with E-state index in [1.165, 1.54) is 6.07 Å². The van der Waals surface area contributed by atoms with Gasteiger partial charge in [0.05, 0.1) is 32.0 Å². The second-order valence-corrected chi connectivity index (χ2v) is 4.26. The zero-order valence-corrected chi connectivity index (χ0v) is 11.1. The maximum absolute atomic E-state index is 13.6. The van der Waals surface area contributed by atoms with E-state index in [0.717, 1.165) is 11.3 Å². The van der Waals surface area contributed by atoms with Gasteiger partial charge in [0, 0.05) is 5.56 Å². The first-order valence-electron chi connectivity index (χ1n) is 6.12. The molecule has 3 nitrogen and oxygen atoms in total. The molecule has 0 aliphatic heterocycles. The molecule has 0 atom stereocenters. The molecule has 2 aromatic carbocycles. The Morgan fingerprint density at radius 2 is 2.00 bits per heavy atom. The zero-order valence-electron chi connectivity index (χ0n) is 11.1. The summed E-state index contributed by atoms with van der Waals surface area (Å²) in [6.45, 7) is 0.533. The summed E-state index contributed by atoms with van der Waals surface area (Å²) in [6, 6.07) is 13.8. The first-order chi connectivity index (χ1) is 9.72. The van der Waals surface area contributed by atoms with Crippen molar-refractivity contribution in [2.75, 3.05) is 7.11 Å². The molecule has 0 aliphatic rings. The number of methoxy groups -OCH3 is 1. The van der Waals surface area contributed by atoms with Gasteiger partial charge in [0.15, 0.2) is 0 Å². The molecule has 2 rings (SSSR count). The van der Waals surface area contributed by atoms with Crippen LogP contribution in [0, 0.1) is 17.1 Å². The van der Waals surface area contributed by atoms with E-state index in [4.69, 9.17) is 14.7 Å². The van der Waals surface area contributed by atoms with Crippen molar-refractivity contribution in [3.8, 4) is 11.8 Å². The number of hydrogen-bond acceptors (Lipinski definition) is 3. The van der Waals surface area contributed by atoms with Gasteiger partial charge in [-0.1, -0.05) is 18.2 Å². The molecule has 0 N–H and O–H groups in total. The Bertz CT molecular complexity index is 635. The van der Waals surface area contributed by atoms with E-state index in [0.29, 0.717) is 17.7 Å². The highest BCUT2D eigenvalue weighted by Gasteiger charge is 2.04. The molecule has 4 heteroatoms. The number of nitrogens with zero attached hydrogens (tertiary/aromatic N) is 1. The van der Waals surface area contributed by atoms with Crippen molar-refractivity contribution in [2.24, 2.45) is 0 Å². The Hall–Kier alpha value is -2.38. The van der Waals surface area contributed by atoms with Crippen LogP contribution in [0.1, 0.15) is 16.7 Å². The number of benzene rings is 2. The lowest BCUT2D eigenvalue weighted by Crippen LogP contribution is -1.97. The van der Waals surface area contributed by atoms with Crippen LogP contribution in [-0.2, 0) is 18.0 Å². The van der Waals surface area contributed by atoms with Crippen molar-refractivity contribution in [1.29, 1.82) is 5.26 Å². The van der Waals surface area contributed by atoms with Crippen LogP contribution in [0.3, 0.4) is 0 Å². The van der Waals surface area contributed by atoms with E-state index in [9.17, 15) is 4.39 Å². The highest BCUT2D eigenvalue weighted by atomic mass is 19.1. The molecule has 0 fully saturated rings. The highest BCUT2D eigenvalue weighted by molar-refractivity contribution is 5.32. The van der Waals surface area contributed by atoms with Crippen molar-refractivity contribution in [2.45, 2.75) is 13.2 Å². The predicted molar refractivity (Wildman–Crippen MR) is 72.6 cm³/mol. The van der Waals surface area contributed by atoms with Crippen LogP contribution in [-0.4, -0.2) is 7.11 Å². The summed E-state index contributed by atoms with van der Waals surface area (Å²) in [5.74, 6) is 0.338. The fourth-order valence-corrected chi connectivity index (χ4v) is 1.77. The summed E-state index contributed by atoms with van der Waals surface area (Å²) in [7, 11) is 1.60. The van der Waals surface area contributed by atoms with Crippen LogP contribution in [0.4, 0.5) is 4.39 Å². The summed E-state index contributed by atoms with van der Waals surface area (Å²) < 4.78 is 24.2. The van der Waals surface area contributed by atoms with Gasteiger partial charge in [0.2, 0.25) is 0 Å². The van der Waals surface area contributed by atoms with Gasteiger partial charge >= 0.3 is 0 Å². The molecule has 0 heterocycles. The normalized spacial score (nSPS) is 10.1. The fourth-order valence-electron chi connectivity index (χ4n) is 1.77. The summed E-state index contributed by atoms with van der Waals surface area (Å²) in [5.41, 5.74) is 1.70. The lowest BCUT2D eigenvalue weighted by atomic mass is 10.1. The average molecular weight is 271 g/mol. The van der Waals surface area contributed by atoms with Gasteiger partial charge in [0.25, 0.3) is 0 Å². The Morgan fingerprint density at radius 3 is 2.70 bits per heavy atom. The average Bonchev–Trinajstić information content (AvgIpc) is 2.49. The van der Waals surface area contributed by atoms with Crippen LogP contribution in [0.15, 0.2) is 42.5 Å². The number of rotatable bonds is 5. The molecular formula is C16H14FNO2. The first-order valence-corrected chi connectivity index (χ1v) is 6.12. The van der Waals surface area contributed by atoms with Gasteiger partial charge in [-0.15, -0.1) is 0 Å². The Labute approximate surface area is 117 Å². The van der Waals surface area contributed by atoms with Crippen LogP contribution in [0.2, 0.25) is 0 Å². The third-order valence-corrected chi connectivity index (χ3v) is 2.84. The minimum atomic E-state index is -0.422. The summed E-state index contributed by atoms with van der Waals surface area (Å²) in [5, 5.41) is 8.67. The maximum Gasteiger partial charge on any atom is 0.130 e. The van der Waals surface area contributed by atoms with E-state index >= 15 is 0 Å². The molecule has 102 valence electrons. The monoisotopic (exact) mass is 271 g/mol. The predicted octanol–water partition coefficient (Wildman–Crippen LogP) is 3.42. The number of ether oxygens (including phenoxy) is 2. The van der Waals surface area contributed by atoms with E-state index < -0.39 is 5.82 Å². The number of halogens is 1. The van der Waals surface area contributed by atoms with Gasteiger partial charge in [0.1, 0.15) is 11.6 Å². The molecule has 0 amide bonds. The van der Waals surface area contributed by atoms with Gasteiger partial charge < -0.3 is 9.47 Å². The lowest BCUT2D eigenvalue weighted by molar-refractivity contribution is 0.104. The topological polar surface area (TPSA) is 42.2 Å². The molecule has 0 unspecified atom stereocenters. The largest absolute Gasteiger partial charge is 0.497 e. The summed E-state index contributed by atoms with van der Waals surface area (Å²) in [6.07, 6.45) is 0. The molecular weight excluding hydrogens is 257 g/mol. The Kier molecular flexibility index (Phi) is 4.70. The minimum Gasteiger partial charge on any atom is -0.497 e. The highest BCUT2D eigenvalue weighted by Crippen LogP contribution is 2.15. The smallest absolute Gasteiger partial charge is 0.130 e. The van der Waals surface area contributed by atoms with E-state index in [1.807, 2.05) is 30.3 Å². The van der Waals surface area contributed by atoms with Crippen LogP contribution < -0.4 is 4.74 Å². The van der Waals surface area contributed by atoms with Crippen molar-refractivity contribution < 1.29 is 13.9 Å². The second kappa shape index (κ2) is 6.69. The van der Waals surface area contributed by atoms with Gasteiger partial charge in [-0.3, -0.25) is 0 Å². The molecule has 0 saturated carbocycles. The van der Waals surface area contributed by atoms with Crippen molar-refractivity contribution in [3.63, 3.8) is 0 Å². The molecule has 0 radical (unpaired) electrons. The lowest BCUT2D eigenvalue weighted by Gasteiger charge is -2.07. The van der Waals surface area contributed by atoms with Crippen LogP contribution in [0.5, 0.6) is 5.75 Å². The molecule has 2 aromatic rings. The third-order valence-electron chi connectivity index (χ3n) is 2.84. The minimum absolute atomic E-state index is 0.161. The molecule has 0 aliphatic carbocycles.